The van der Waals surface area contributed by atoms with Crippen LogP contribution in [0.2, 0.25) is 0 Å². The van der Waals surface area contributed by atoms with Crippen LogP contribution in [0.3, 0.4) is 0 Å². The normalized spacial score (nSPS) is 11.3. The van der Waals surface area contributed by atoms with Gasteiger partial charge in [-0.05, 0) is 32.4 Å². The molecule has 120 valence electrons. The van der Waals surface area contributed by atoms with Gasteiger partial charge in [0.2, 0.25) is 0 Å². The Labute approximate surface area is 137 Å². The quantitative estimate of drug-likeness (QED) is 0.587. The van der Waals surface area contributed by atoms with Gasteiger partial charge in [-0.25, -0.2) is 4.98 Å². The van der Waals surface area contributed by atoms with E-state index in [-0.39, 0.29) is 5.91 Å². The first-order chi connectivity index (χ1) is 11.5. The van der Waals surface area contributed by atoms with E-state index >= 15 is 0 Å². The highest BCUT2D eigenvalue weighted by molar-refractivity contribution is 6.07. The maximum atomic E-state index is 12.6. The second-order valence-corrected chi connectivity index (χ2v) is 5.91. The molecule has 0 aliphatic heterocycles. The number of carbonyl (C=O) groups is 1. The van der Waals surface area contributed by atoms with Crippen molar-refractivity contribution in [3.05, 3.63) is 53.0 Å². The zero-order valence-corrected chi connectivity index (χ0v) is 13.6. The van der Waals surface area contributed by atoms with Crippen LogP contribution in [0.5, 0.6) is 0 Å². The molecular formula is C18H16N4O2. The summed E-state index contributed by atoms with van der Waals surface area (Å²) in [5, 5.41) is 11.6. The number of nitrogens with zero attached hydrogens (tertiary/aromatic N) is 2. The van der Waals surface area contributed by atoms with Gasteiger partial charge >= 0.3 is 0 Å². The van der Waals surface area contributed by atoms with Gasteiger partial charge in [-0.1, -0.05) is 18.2 Å². The molecule has 1 aromatic carbocycles. The molecule has 1 amide bonds. The van der Waals surface area contributed by atoms with Gasteiger partial charge < -0.3 is 9.73 Å². The Morgan fingerprint density at radius 1 is 1.21 bits per heavy atom. The molecule has 24 heavy (non-hydrogen) atoms. The van der Waals surface area contributed by atoms with Crippen LogP contribution < -0.4 is 5.32 Å². The van der Waals surface area contributed by atoms with Gasteiger partial charge in [0.05, 0.1) is 11.9 Å². The molecule has 4 aromatic rings. The first-order valence-electron chi connectivity index (χ1n) is 7.65. The zero-order valence-electron chi connectivity index (χ0n) is 13.6. The highest BCUT2D eigenvalue weighted by Crippen LogP contribution is 2.28. The number of para-hydroxylation sites is 1. The van der Waals surface area contributed by atoms with Gasteiger partial charge in [0.25, 0.3) is 5.91 Å². The second-order valence-electron chi connectivity index (χ2n) is 5.91. The fourth-order valence-corrected chi connectivity index (χ4v) is 2.88. The number of anilines is 1. The van der Waals surface area contributed by atoms with Crippen molar-refractivity contribution >= 4 is 33.6 Å². The molecule has 0 bridgehead atoms. The monoisotopic (exact) mass is 320 g/mol. The molecule has 0 saturated carbocycles. The predicted octanol–water partition coefficient (Wildman–Crippen LogP) is 3.88. The highest BCUT2D eigenvalue weighted by atomic mass is 16.3. The van der Waals surface area contributed by atoms with Crippen LogP contribution in [0.25, 0.3) is 22.0 Å². The van der Waals surface area contributed by atoms with Crippen LogP contribution in [0.1, 0.15) is 27.4 Å². The van der Waals surface area contributed by atoms with Gasteiger partial charge in [0.1, 0.15) is 5.58 Å². The summed E-state index contributed by atoms with van der Waals surface area (Å²) in [6.07, 6.45) is 1.59. The average molecular weight is 320 g/mol. The Bertz CT molecular complexity index is 1090. The summed E-state index contributed by atoms with van der Waals surface area (Å²) in [7, 11) is 0. The highest BCUT2D eigenvalue weighted by Gasteiger charge is 2.19. The second kappa shape index (κ2) is 5.19. The van der Waals surface area contributed by atoms with Crippen LogP contribution >= 0.6 is 0 Å². The largest absolute Gasteiger partial charge is 0.450 e. The Morgan fingerprint density at radius 3 is 2.83 bits per heavy atom. The molecule has 0 saturated heterocycles. The van der Waals surface area contributed by atoms with Gasteiger partial charge in [-0.2, -0.15) is 5.10 Å². The van der Waals surface area contributed by atoms with Crippen molar-refractivity contribution < 1.29 is 9.21 Å². The van der Waals surface area contributed by atoms with E-state index in [0.29, 0.717) is 17.1 Å². The number of benzene rings is 1. The van der Waals surface area contributed by atoms with Crippen LogP contribution in [0.15, 0.2) is 34.9 Å². The number of furan rings is 1. The number of aromatic amines is 1. The number of rotatable bonds is 2. The fraction of sp³-hybridized carbons (Fsp3) is 0.167. The lowest BCUT2D eigenvalue weighted by Gasteiger charge is -2.03. The molecule has 6 nitrogen and oxygen atoms in total. The van der Waals surface area contributed by atoms with Crippen molar-refractivity contribution in [1.29, 1.82) is 0 Å². The van der Waals surface area contributed by atoms with Crippen molar-refractivity contribution in [3.63, 3.8) is 0 Å². The number of aromatic nitrogens is 3. The number of carbonyl (C=O) groups excluding carboxylic acids is 1. The molecule has 0 radical (unpaired) electrons. The van der Waals surface area contributed by atoms with Gasteiger partial charge in [0, 0.05) is 22.0 Å². The van der Waals surface area contributed by atoms with Crippen molar-refractivity contribution in [2.24, 2.45) is 0 Å². The number of pyridine rings is 1. The molecule has 0 aliphatic rings. The van der Waals surface area contributed by atoms with E-state index in [2.05, 4.69) is 20.5 Å². The van der Waals surface area contributed by atoms with Gasteiger partial charge in [-0.3, -0.25) is 9.89 Å². The van der Waals surface area contributed by atoms with Crippen molar-refractivity contribution in [2.45, 2.75) is 20.8 Å². The number of H-pyrrole nitrogens is 1. The summed E-state index contributed by atoms with van der Waals surface area (Å²) < 4.78 is 5.81. The van der Waals surface area contributed by atoms with Crippen LogP contribution in [0, 0.1) is 20.8 Å². The minimum atomic E-state index is -0.287. The zero-order chi connectivity index (χ0) is 16.8. The summed E-state index contributed by atoms with van der Waals surface area (Å²) in [6.45, 7) is 5.77. The molecule has 3 heterocycles. The van der Waals surface area contributed by atoms with Crippen LogP contribution in [-0.2, 0) is 0 Å². The van der Waals surface area contributed by atoms with Crippen LogP contribution in [-0.4, -0.2) is 21.1 Å². The number of nitrogens with one attached hydrogen (secondary N) is 2. The lowest BCUT2D eigenvalue weighted by atomic mass is 10.1. The number of hydrogen-bond donors (Lipinski definition) is 2. The molecule has 3 aromatic heterocycles. The molecule has 0 atom stereocenters. The third-order valence-corrected chi connectivity index (χ3v) is 4.22. The van der Waals surface area contributed by atoms with E-state index in [9.17, 15) is 4.79 Å². The molecule has 6 heteroatoms. The maximum Gasteiger partial charge on any atom is 0.291 e. The van der Waals surface area contributed by atoms with E-state index in [1.54, 1.807) is 6.20 Å². The molecule has 0 unspecified atom stereocenters. The SMILES string of the molecule is Cc1[nH]nc2ncc(NC(=O)c3oc4c(C)cccc4c3C)cc12. The number of fused-ring (bicyclic) bond motifs is 2. The Morgan fingerprint density at radius 2 is 2.04 bits per heavy atom. The number of aryl methyl sites for hydroxylation is 3. The lowest BCUT2D eigenvalue weighted by molar-refractivity contribution is 0.0998. The maximum absolute atomic E-state index is 12.6. The Kier molecular flexibility index (Phi) is 3.13. The third kappa shape index (κ3) is 2.15. The molecule has 0 spiro atoms. The van der Waals surface area contributed by atoms with E-state index in [1.807, 2.05) is 45.0 Å². The average Bonchev–Trinajstić information content (AvgIpc) is 3.10. The van der Waals surface area contributed by atoms with Crippen molar-refractivity contribution in [2.75, 3.05) is 5.32 Å². The van der Waals surface area contributed by atoms with E-state index in [4.69, 9.17) is 4.42 Å². The molecule has 2 N–H and O–H groups in total. The van der Waals surface area contributed by atoms with Crippen molar-refractivity contribution in [1.82, 2.24) is 15.2 Å². The van der Waals surface area contributed by atoms with E-state index in [1.165, 1.54) is 0 Å². The third-order valence-electron chi connectivity index (χ3n) is 4.22. The molecule has 0 aliphatic carbocycles. The first kappa shape index (κ1) is 14.4. The number of hydrogen-bond acceptors (Lipinski definition) is 4. The Balaban J connectivity index is 1.71. The molecule has 4 rings (SSSR count). The summed E-state index contributed by atoms with van der Waals surface area (Å²) in [5.41, 5.74) is 4.73. The fourth-order valence-electron chi connectivity index (χ4n) is 2.88. The Hall–Kier alpha value is -3.15. The summed E-state index contributed by atoms with van der Waals surface area (Å²) >= 11 is 0. The minimum Gasteiger partial charge on any atom is -0.450 e. The molecule has 0 fully saturated rings. The summed E-state index contributed by atoms with van der Waals surface area (Å²) in [5.74, 6) is 0.0358. The minimum absolute atomic E-state index is 0.287. The van der Waals surface area contributed by atoms with Gasteiger partial charge in [-0.15, -0.1) is 0 Å². The summed E-state index contributed by atoms with van der Waals surface area (Å²) in [6, 6.07) is 7.73. The molecular weight excluding hydrogens is 304 g/mol. The smallest absolute Gasteiger partial charge is 0.291 e. The van der Waals surface area contributed by atoms with Gasteiger partial charge in [0.15, 0.2) is 11.4 Å². The first-order valence-corrected chi connectivity index (χ1v) is 7.65. The van der Waals surface area contributed by atoms with Crippen LogP contribution in [0.4, 0.5) is 5.69 Å². The van der Waals surface area contributed by atoms with E-state index < -0.39 is 0 Å². The van der Waals surface area contributed by atoms with E-state index in [0.717, 1.165) is 33.2 Å². The standard InChI is InChI=1S/C18H16N4O2/c1-9-5-4-6-13-10(2)16(24-15(9)13)18(23)20-12-7-14-11(3)21-22-17(14)19-8-12/h4-8H,1-3H3,(H,20,23)(H,19,21,22). The topological polar surface area (TPSA) is 83.8 Å². The van der Waals surface area contributed by atoms with Crippen molar-refractivity contribution in [3.8, 4) is 0 Å². The predicted molar refractivity (Wildman–Crippen MR) is 92.3 cm³/mol. The lowest BCUT2D eigenvalue weighted by Crippen LogP contribution is -2.12. The summed E-state index contributed by atoms with van der Waals surface area (Å²) in [4.78, 5) is 16.9. The number of amides is 1.